The van der Waals surface area contributed by atoms with E-state index >= 15 is 0 Å². The number of aromatic nitrogens is 1. The first-order chi connectivity index (χ1) is 13.0. The fraction of sp³-hybridized carbons (Fsp3) is 0.400. The molecule has 0 radical (unpaired) electrons. The summed E-state index contributed by atoms with van der Waals surface area (Å²) in [6, 6.07) is 9.14. The van der Waals surface area contributed by atoms with E-state index in [1.165, 1.54) is 0 Å². The predicted molar refractivity (Wildman–Crippen MR) is 101 cm³/mol. The topological polar surface area (TPSA) is 97.4 Å². The normalized spacial score (nSPS) is 18.0. The van der Waals surface area contributed by atoms with Gasteiger partial charge in [0.25, 0.3) is 5.91 Å². The summed E-state index contributed by atoms with van der Waals surface area (Å²) in [4.78, 5) is 40.7. The molecule has 2 aromatic rings. The number of ether oxygens (including phenoxy) is 1. The smallest absolute Gasteiger partial charge is 0.311 e. The van der Waals surface area contributed by atoms with Gasteiger partial charge in [0.1, 0.15) is 0 Å². The molecule has 142 valence electrons. The number of carbonyl (C=O) groups is 3. The molecule has 0 bridgehead atoms. The zero-order valence-corrected chi connectivity index (χ0v) is 15.4. The number of fused-ring (bicyclic) bond motifs is 1. The molecule has 1 fully saturated rings. The van der Waals surface area contributed by atoms with E-state index in [1.54, 1.807) is 18.3 Å². The van der Waals surface area contributed by atoms with Crippen molar-refractivity contribution in [3.05, 3.63) is 36.5 Å². The van der Waals surface area contributed by atoms with Gasteiger partial charge in [-0.3, -0.25) is 19.4 Å². The molecule has 1 saturated heterocycles. The van der Waals surface area contributed by atoms with Gasteiger partial charge in [0.15, 0.2) is 6.10 Å². The van der Waals surface area contributed by atoms with E-state index in [0.717, 1.165) is 10.9 Å². The summed E-state index contributed by atoms with van der Waals surface area (Å²) in [7, 11) is 0. The zero-order valence-electron chi connectivity index (χ0n) is 15.4. The van der Waals surface area contributed by atoms with Crippen LogP contribution in [0, 0.1) is 11.8 Å². The van der Waals surface area contributed by atoms with E-state index in [0.29, 0.717) is 18.5 Å². The van der Waals surface area contributed by atoms with Crippen molar-refractivity contribution in [2.24, 2.45) is 11.8 Å². The van der Waals surface area contributed by atoms with Gasteiger partial charge in [0.05, 0.1) is 17.1 Å². The van der Waals surface area contributed by atoms with E-state index in [2.05, 4.69) is 15.6 Å². The van der Waals surface area contributed by atoms with Crippen molar-refractivity contribution in [1.82, 2.24) is 10.3 Å². The molecule has 2 heterocycles. The Morgan fingerprint density at radius 3 is 2.78 bits per heavy atom. The highest BCUT2D eigenvalue weighted by molar-refractivity contribution is 6.03. The van der Waals surface area contributed by atoms with Gasteiger partial charge in [-0.25, -0.2) is 0 Å². The molecule has 1 aliphatic heterocycles. The number of hydrogen-bond acceptors (Lipinski definition) is 5. The molecule has 0 saturated carbocycles. The summed E-state index contributed by atoms with van der Waals surface area (Å²) in [5, 5.41) is 6.33. The maximum absolute atomic E-state index is 12.8. The standard InChI is InChI=1S/C20H23N3O4/c1-12(2)18(27-20(26)13-8-9-17(24)22-11-13)19(25)23-16-7-3-6-15-14(16)5-4-10-21-15/h3-7,10,12-13,18H,8-9,11H2,1-2H3,(H,22,24)(H,23,25)/t13-,18+/m0/s1. The van der Waals surface area contributed by atoms with Gasteiger partial charge < -0.3 is 15.4 Å². The molecule has 0 aliphatic carbocycles. The fourth-order valence-electron chi connectivity index (χ4n) is 3.06. The molecule has 1 aliphatic rings. The lowest BCUT2D eigenvalue weighted by Gasteiger charge is -2.26. The van der Waals surface area contributed by atoms with Crippen molar-refractivity contribution in [1.29, 1.82) is 0 Å². The first kappa shape index (κ1) is 18.8. The van der Waals surface area contributed by atoms with Crippen LogP contribution in [0.5, 0.6) is 0 Å². The predicted octanol–water partition coefficient (Wildman–Crippen LogP) is 2.27. The number of anilines is 1. The van der Waals surface area contributed by atoms with Crippen LogP contribution in [0.25, 0.3) is 10.9 Å². The molecule has 2 N–H and O–H groups in total. The van der Waals surface area contributed by atoms with Gasteiger partial charge in [-0.05, 0) is 36.6 Å². The number of esters is 1. The summed E-state index contributed by atoms with van der Waals surface area (Å²) in [6.45, 7) is 3.90. The van der Waals surface area contributed by atoms with Crippen molar-refractivity contribution < 1.29 is 19.1 Å². The Bertz CT molecular complexity index is 850. The van der Waals surface area contributed by atoms with Gasteiger partial charge in [-0.2, -0.15) is 0 Å². The Balaban J connectivity index is 1.71. The number of rotatable bonds is 5. The number of amides is 2. The van der Waals surface area contributed by atoms with Crippen LogP contribution in [0.15, 0.2) is 36.5 Å². The Labute approximate surface area is 157 Å². The molecule has 27 heavy (non-hydrogen) atoms. The lowest BCUT2D eigenvalue weighted by Crippen LogP contribution is -2.43. The second-order valence-electron chi connectivity index (χ2n) is 7.01. The third-order valence-electron chi connectivity index (χ3n) is 4.61. The van der Waals surface area contributed by atoms with E-state index in [-0.39, 0.29) is 24.3 Å². The summed E-state index contributed by atoms with van der Waals surface area (Å²) < 4.78 is 5.51. The van der Waals surface area contributed by atoms with Crippen LogP contribution in [-0.2, 0) is 19.1 Å². The second-order valence-corrected chi connectivity index (χ2v) is 7.01. The molecule has 3 rings (SSSR count). The summed E-state index contributed by atoms with van der Waals surface area (Å²) >= 11 is 0. The van der Waals surface area contributed by atoms with Gasteiger partial charge in [0.2, 0.25) is 5.91 Å². The Kier molecular flexibility index (Phi) is 5.69. The Morgan fingerprint density at radius 2 is 2.07 bits per heavy atom. The minimum absolute atomic E-state index is 0.0678. The zero-order chi connectivity index (χ0) is 19.4. The molecule has 1 aromatic heterocycles. The third-order valence-corrected chi connectivity index (χ3v) is 4.61. The van der Waals surface area contributed by atoms with Crippen LogP contribution in [0.1, 0.15) is 26.7 Å². The fourth-order valence-corrected chi connectivity index (χ4v) is 3.06. The molecular formula is C20H23N3O4. The van der Waals surface area contributed by atoms with Crippen molar-refractivity contribution in [2.75, 3.05) is 11.9 Å². The quantitative estimate of drug-likeness (QED) is 0.788. The number of pyridine rings is 1. The van der Waals surface area contributed by atoms with Crippen LogP contribution in [0.4, 0.5) is 5.69 Å². The number of carbonyl (C=O) groups excluding carboxylic acids is 3. The number of benzene rings is 1. The van der Waals surface area contributed by atoms with E-state index in [9.17, 15) is 14.4 Å². The molecule has 7 nitrogen and oxygen atoms in total. The van der Waals surface area contributed by atoms with Gasteiger partial charge in [0, 0.05) is 24.5 Å². The van der Waals surface area contributed by atoms with Crippen LogP contribution < -0.4 is 10.6 Å². The Hall–Kier alpha value is -2.96. The highest BCUT2D eigenvalue weighted by atomic mass is 16.5. The minimum atomic E-state index is -0.915. The summed E-state index contributed by atoms with van der Waals surface area (Å²) in [5.74, 6) is -1.52. The summed E-state index contributed by atoms with van der Waals surface area (Å²) in [6.07, 6.45) is 1.50. The van der Waals surface area contributed by atoms with Crippen molar-refractivity contribution in [3.8, 4) is 0 Å². The van der Waals surface area contributed by atoms with Crippen LogP contribution in [0.3, 0.4) is 0 Å². The van der Waals surface area contributed by atoms with Gasteiger partial charge in [-0.15, -0.1) is 0 Å². The third kappa shape index (κ3) is 4.42. The number of hydrogen-bond donors (Lipinski definition) is 2. The lowest BCUT2D eigenvalue weighted by atomic mass is 9.99. The first-order valence-electron chi connectivity index (χ1n) is 9.07. The number of piperidine rings is 1. The van der Waals surface area contributed by atoms with Crippen molar-refractivity contribution in [3.63, 3.8) is 0 Å². The average Bonchev–Trinajstić information content (AvgIpc) is 2.66. The van der Waals surface area contributed by atoms with Crippen molar-refractivity contribution in [2.45, 2.75) is 32.8 Å². The molecule has 2 amide bonds. The highest BCUT2D eigenvalue weighted by Gasteiger charge is 2.32. The molecular weight excluding hydrogens is 346 g/mol. The minimum Gasteiger partial charge on any atom is -0.452 e. The van der Waals surface area contributed by atoms with Gasteiger partial charge >= 0.3 is 5.97 Å². The Morgan fingerprint density at radius 1 is 1.26 bits per heavy atom. The van der Waals surface area contributed by atoms with Crippen LogP contribution in [-0.4, -0.2) is 35.4 Å². The van der Waals surface area contributed by atoms with E-state index in [4.69, 9.17) is 4.74 Å². The highest BCUT2D eigenvalue weighted by Crippen LogP contribution is 2.23. The summed E-state index contributed by atoms with van der Waals surface area (Å²) in [5.41, 5.74) is 1.39. The van der Waals surface area contributed by atoms with Crippen LogP contribution in [0.2, 0.25) is 0 Å². The van der Waals surface area contributed by atoms with Crippen molar-refractivity contribution >= 4 is 34.4 Å². The SMILES string of the molecule is CC(C)[C@@H](OC(=O)[C@H]1CCC(=O)NC1)C(=O)Nc1cccc2ncccc12. The monoisotopic (exact) mass is 369 g/mol. The molecule has 0 spiro atoms. The first-order valence-corrected chi connectivity index (χ1v) is 9.07. The lowest BCUT2D eigenvalue weighted by molar-refractivity contribution is -0.161. The molecule has 0 unspecified atom stereocenters. The van der Waals surface area contributed by atoms with E-state index in [1.807, 2.05) is 32.0 Å². The van der Waals surface area contributed by atoms with E-state index < -0.39 is 18.0 Å². The molecule has 1 aromatic carbocycles. The number of nitrogens with one attached hydrogen (secondary N) is 2. The largest absolute Gasteiger partial charge is 0.452 e. The van der Waals surface area contributed by atoms with Crippen LogP contribution >= 0.6 is 0 Å². The number of nitrogens with zero attached hydrogens (tertiary/aromatic N) is 1. The van der Waals surface area contributed by atoms with Gasteiger partial charge in [-0.1, -0.05) is 19.9 Å². The second kappa shape index (κ2) is 8.16. The molecule has 7 heteroatoms. The average molecular weight is 369 g/mol. The molecule has 2 atom stereocenters. The maximum atomic E-state index is 12.8. The maximum Gasteiger partial charge on any atom is 0.311 e.